The number of carbonyl (C=O) groups excluding carboxylic acids is 2. The zero-order valence-electron chi connectivity index (χ0n) is 18.6. The molecule has 11 heteroatoms. The fourth-order valence-electron chi connectivity index (χ4n) is 3.30. The van der Waals surface area contributed by atoms with E-state index < -0.39 is 10.8 Å². The van der Waals surface area contributed by atoms with E-state index in [-0.39, 0.29) is 29.7 Å². The van der Waals surface area contributed by atoms with E-state index in [1.807, 2.05) is 6.92 Å². The highest BCUT2D eigenvalue weighted by atomic mass is 16.6. The topological polar surface area (TPSA) is 142 Å². The number of nitro groups is 1. The van der Waals surface area contributed by atoms with Crippen molar-refractivity contribution >= 4 is 28.9 Å². The number of anilines is 2. The van der Waals surface area contributed by atoms with Gasteiger partial charge in [0, 0.05) is 30.2 Å². The molecular weight excluding hydrogens is 454 g/mol. The van der Waals surface area contributed by atoms with E-state index in [4.69, 9.17) is 9.15 Å². The van der Waals surface area contributed by atoms with Crippen molar-refractivity contribution in [3.8, 4) is 5.75 Å². The Morgan fingerprint density at radius 1 is 1.03 bits per heavy atom. The van der Waals surface area contributed by atoms with Gasteiger partial charge in [0.1, 0.15) is 18.1 Å². The number of hydrogen-bond acceptors (Lipinski definition) is 7. The van der Waals surface area contributed by atoms with Gasteiger partial charge in [-0.15, -0.1) is 0 Å². The molecule has 178 valence electrons. The van der Waals surface area contributed by atoms with Crippen molar-refractivity contribution in [3.63, 3.8) is 0 Å². The Morgan fingerprint density at radius 2 is 1.77 bits per heavy atom. The molecule has 0 saturated heterocycles. The van der Waals surface area contributed by atoms with Crippen molar-refractivity contribution in [1.82, 2.24) is 9.78 Å². The molecular formula is C24H21N5O6. The molecule has 0 bridgehead atoms. The molecule has 0 unspecified atom stereocenters. The number of ether oxygens (including phenoxy) is 1. The maximum Gasteiger partial charge on any atom is 0.310 e. The lowest BCUT2D eigenvalue weighted by atomic mass is 10.2. The molecule has 2 heterocycles. The van der Waals surface area contributed by atoms with Gasteiger partial charge in [0.2, 0.25) is 0 Å². The molecule has 0 radical (unpaired) electrons. The zero-order valence-corrected chi connectivity index (χ0v) is 18.6. The first kappa shape index (κ1) is 23.2. The van der Waals surface area contributed by atoms with Crippen molar-refractivity contribution in [1.29, 1.82) is 0 Å². The first-order valence-electron chi connectivity index (χ1n) is 10.6. The number of furan rings is 1. The Bertz CT molecular complexity index is 1380. The second-order valence-corrected chi connectivity index (χ2v) is 7.30. The van der Waals surface area contributed by atoms with Gasteiger partial charge in [-0.1, -0.05) is 18.2 Å². The largest absolute Gasteiger partial charge is 0.479 e. The molecule has 0 aliphatic heterocycles. The summed E-state index contributed by atoms with van der Waals surface area (Å²) in [6.07, 6.45) is 1.55. The summed E-state index contributed by atoms with van der Waals surface area (Å²) in [5.74, 6) is -0.369. The highest BCUT2D eigenvalue weighted by Crippen LogP contribution is 2.27. The second-order valence-electron chi connectivity index (χ2n) is 7.30. The summed E-state index contributed by atoms with van der Waals surface area (Å²) in [5, 5.41) is 20.7. The molecule has 2 amide bonds. The lowest BCUT2D eigenvalue weighted by Gasteiger charge is -2.09. The predicted octanol–water partition coefficient (Wildman–Crippen LogP) is 4.49. The van der Waals surface area contributed by atoms with Gasteiger partial charge in [-0.05, 0) is 49.4 Å². The van der Waals surface area contributed by atoms with E-state index in [2.05, 4.69) is 15.7 Å². The number of rotatable bonds is 9. The summed E-state index contributed by atoms with van der Waals surface area (Å²) >= 11 is 0. The van der Waals surface area contributed by atoms with Gasteiger partial charge in [-0.2, -0.15) is 5.10 Å². The van der Waals surface area contributed by atoms with Crippen molar-refractivity contribution in [2.45, 2.75) is 20.1 Å². The van der Waals surface area contributed by atoms with Crippen LogP contribution in [0.3, 0.4) is 0 Å². The number of aryl methyl sites for hydroxylation is 1. The maximum atomic E-state index is 12.6. The van der Waals surface area contributed by atoms with E-state index >= 15 is 0 Å². The third-order valence-electron chi connectivity index (χ3n) is 4.94. The minimum Gasteiger partial charge on any atom is -0.479 e. The fraction of sp³-hybridized carbons (Fsp3) is 0.125. The Labute approximate surface area is 199 Å². The molecule has 0 aliphatic rings. The number of para-hydroxylation sites is 2. The average Bonchev–Trinajstić information content (AvgIpc) is 3.53. The number of aromatic nitrogens is 2. The van der Waals surface area contributed by atoms with Crippen LogP contribution in [0.1, 0.15) is 33.7 Å². The Kier molecular flexibility index (Phi) is 6.86. The molecule has 4 aromatic rings. The highest BCUT2D eigenvalue weighted by Gasteiger charge is 2.16. The second kappa shape index (κ2) is 10.3. The zero-order chi connectivity index (χ0) is 24.8. The van der Waals surface area contributed by atoms with Crippen LogP contribution >= 0.6 is 0 Å². The number of nitrogens with one attached hydrogen (secondary N) is 2. The molecule has 0 saturated carbocycles. The van der Waals surface area contributed by atoms with E-state index in [9.17, 15) is 19.7 Å². The molecule has 0 atom stereocenters. The summed E-state index contributed by atoms with van der Waals surface area (Å²) < 4.78 is 12.6. The van der Waals surface area contributed by atoms with Gasteiger partial charge >= 0.3 is 5.69 Å². The predicted molar refractivity (Wildman–Crippen MR) is 126 cm³/mol. The first-order valence-corrected chi connectivity index (χ1v) is 10.6. The van der Waals surface area contributed by atoms with Gasteiger partial charge in [-0.25, -0.2) is 0 Å². The fourth-order valence-corrected chi connectivity index (χ4v) is 3.30. The standard InChI is InChI=1S/C24H21N5O6/c1-2-28-20(12-13-25-28)23(30)26-16-6-5-7-17(14-16)27-24(31)22-11-10-18(35-22)15-34-21-9-4-3-8-19(21)29(32)33/h3-14H,2,15H2,1H3,(H,26,30)(H,27,31). The van der Waals surface area contributed by atoms with Crippen molar-refractivity contribution in [2.75, 3.05) is 10.6 Å². The molecule has 0 spiro atoms. The molecule has 11 nitrogen and oxygen atoms in total. The van der Waals surface area contributed by atoms with E-state index in [1.165, 1.54) is 18.2 Å². The molecule has 2 N–H and O–H groups in total. The van der Waals surface area contributed by atoms with E-state index in [0.29, 0.717) is 29.4 Å². The summed E-state index contributed by atoms with van der Waals surface area (Å²) in [6, 6.07) is 17.3. The van der Waals surface area contributed by atoms with Crippen LogP contribution in [0.4, 0.5) is 17.1 Å². The molecule has 35 heavy (non-hydrogen) atoms. The smallest absolute Gasteiger partial charge is 0.310 e. The molecule has 2 aromatic carbocycles. The van der Waals surface area contributed by atoms with Crippen molar-refractivity contribution in [3.05, 3.63) is 100 Å². The van der Waals surface area contributed by atoms with Crippen LogP contribution in [-0.2, 0) is 13.2 Å². The lowest BCUT2D eigenvalue weighted by Crippen LogP contribution is -2.17. The number of amides is 2. The quantitative estimate of drug-likeness (QED) is 0.268. The minimum absolute atomic E-state index is 0.0347. The van der Waals surface area contributed by atoms with Crippen molar-refractivity contribution in [2.24, 2.45) is 0 Å². The van der Waals surface area contributed by atoms with Gasteiger partial charge in [0.15, 0.2) is 11.5 Å². The number of benzene rings is 2. The molecule has 2 aromatic heterocycles. The summed E-state index contributed by atoms with van der Waals surface area (Å²) in [6.45, 7) is 2.36. The molecule has 0 aliphatic carbocycles. The third kappa shape index (κ3) is 5.53. The first-order chi connectivity index (χ1) is 16.9. The van der Waals surface area contributed by atoms with Gasteiger partial charge in [0.25, 0.3) is 11.8 Å². The number of carbonyl (C=O) groups is 2. The Morgan fingerprint density at radius 3 is 2.51 bits per heavy atom. The van der Waals surface area contributed by atoms with Crippen LogP contribution in [0, 0.1) is 10.1 Å². The van der Waals surface area contributed by atoms with E-state index in [0.717, 1.165) is 0 Å². The normalized spacial score (nSPS) is 10.5. The van der Waals surface area contributed by atoms with Crippen LogP contribution in [0.2, 0.25) is 0 Å². The monoisotopic (exact) mass is 475 g/mol. The molecule has 4 rings (SSSR count). The maximum absolute atomic E-state index is 12.6. The van der Waals surface area contributed by atoms with Crippen molar-refractivity contribution < 1.29 is 23.7 Å². The SMILES string of the molecule is CCn1nccc1C(=O)Nc1cccc(NC(=O)c2ccc(COc3ccccc3[N+](=O)[O-])o2)c1. The minimum atomic E-state index is -0.537. The van der Waals surface area contributed by atoms with Gasteiger partial charge in [0.05, 0.1) is 4.92 Å². The highest BCUT2D eigenvalue weighted by molar-refractivity contribution is 6.05. The van der Waals surface area contributed by atoms with Gasteiger partial charge < -0.3 is 19.8 Å². The third-order valence-corrected chi connectivity index (χ3v) is 4.94. The van der Waals surface area contributed by atoms with Gasteiger partial charge in [-0.3, -0.25) is 24.4 Å². The Hall–Kier alpha value is -4.93. The summed E-state index contributed by atoms with van der Waals surface area (Å²) in [7, 11) is 0. The Balaban J connectivity index is 1.37. The van der Waals surface area contributed by atoms with Crippen LogP contribution in [0.5, 0.6) is 5.75 Å². The average molecular weight is 475 g/mol. The molecule has 0 fully saturated rings. The van der Waals surface area contributed by atoms with Crippen LogP contribution in [0.15, 0.2) is 77.3 Å². The van der Waals surface area contributed by atoms with Crippen LogP contribution in [0.25, 0.3) is 0 Å². The summed E-state index contributed by atoms with van der Waals surface area (Å²) in [5.41, 5.74) is 1.21. The summed E-state index contributed by atoms with van der Waals surface area (Å²) in [4.78, 5) is 35.7. The number of nitro benzene ring substituents is 1. The number of nitrogens with zero attached hydrogens (tertiary/aromatic N) is 3. The van der Waals surface area contributed by atoms with E-state index in [1.54, 1.807) is 59.4 Å². The number of hydrogen-bond donors (Lipinski definition) is 2. The van der Waals surface area contributed by atoms with Crippen LogP contribution in [-0.4, -0.2) is 26.5 Å². The lowest BCUT2D eigenvalue weighted by molar-refractivity contribution is -0.386. The van der Waals surface area contributed by atoms with Crippen LogP contribution < -0.4 is 15.4 Å².